The van der Waals surface area contributed by atoms with Crippen molar-refractivity contribution in [3.05, 3.63) is 0 Å². The van der Waals surface area contributed by atoms with Crippen molar-refractivity contribution in [2.24, 2.45) is 0 Å². The van der Waals surface area contributed by atoms with Crippen LogP contribution in [0.15, 0.2) is 0 Å². The highest BCUT2D eigenvalue weighted by atomic mass is 31.2. The molecule has 0 saturated carbocycles. The lowest BCUT2D eigenvalue weighted by atomic mass is 11.0. The predicted octanol–water partition coefficient (Wildman–Crippen LogP) is 3.16. The molecule has 0 amide bonds. The molecule has 0 bridgehead atoms. The van der Waals surface area contributed by atoms with Crippen molar-refractivity contribution >= 4 is 27.3 Å². The van der Waals surface area contributed by atoms with Gasteiger partial charge in [0, 0.05) is 40.8 Å². The van der Waals surface area contributed by atoms with Crippen LogP contribution in [0.3, 0.4) is 0 Å². The van der Waals surface area contributed by atoms with E-state index in [1.54, 1.807) is 28.4 Å². The van der Waals surface area contributed by atoms with Gasteiger partial charge in [-0.3, -0.25) is 0 Å². The van der Waals surface area contributed by atoms with Crippen LogP contribution < -0.4 is 0 Å². The molecule has 16 heavy (non-hydrogen) atoms. The van der Waals surface area contributed by atoms with E-state index in [1.165, 1.54) is 0 Å². The van der Waals surface area contributed by atoms with E-state index in [1.807, 2.05) is 13.8 Å². The quantitative estimate of drug-likeness (QED) is 0.696. The molecule has 0 unspecified atom stereocenters. The second-order valence-corrected chi connectivity index (χ2v) is 8.98. The first-order chi connectivity index (χ1) is 7.36. The van der Waals surface area contributed by atoms with Crippen LogP contribution in [0.25, 0.3) is 0 Å². The van der Waals surface area contributed by atoms with Gasteiger partial charge in [-0.25, -0.2) is 0 Å². The summed E-state index contributed by atoms with van der Waals surface area (Å²) in [5.74, 6) is 0. The first-order valence-corrected chi connectivity index (χ1v) is 9.03. The minimum atomic E-state index is -1.66. The Morgan fingerprint density at radius 1 is 0.688 bits per heavy atom. The molecule has 0 spiro atoms. The van der Waals surface area contributed by atoms with Gasteiger partial charge >= 0.3 is 0 Å². The van der Waals surface area contributed by atoms with E-state index in [4.69, 9.17) is 18.1 Å². The molecule has 0 aliphatic heterocycles. The summed E-state index contributed by atoms with van der Waals surface area (Å²) in [6, 6.07) is 0. The first-order valence-electron chi connectivity index (χ1n) is 5.04. The number of hydrogen-bond donors (Lipinski definition) is 0. The van der Waals surface area contributed by atoms with Gasteiger partial charge in [0.05, 0.1) is 0 Å². The molecule has 0 saturated heterocycles. The molecule has 0 radical (unpaired) electrons. The van der Waals surface area contributed by atoms with Gasteiger partial charge in [-0.05, 0) is 0 Å². The average molecular weight is 272 g/mol. The molecule has 0 aliphatic carbocycles. The summed E-state index contributed by atoms with van der Waals surface area (Å²) in [5, 5.41) is 0. The number of rotatable bonds is 6. The molecule has 0 N–H and O–H groups in total. The van der Waals surface area contributed by atoms with Gasteiger partial charge in [-0.15, -0.1) is 0 Å². The minimum Gasteiger partial charge on any atom is -0.341 e. The second kappa shape index (κ2) is 9.47. The van der Waals surface area contributed by atoms with E-state index < -0.39 is 14.7 Å². The summed E-state index contributed by atoms with van der Waals surface area (Å²) < 4.78 is 20.1. The molecular weight excluding hydrogens is 246 g/mol. The lowest BCUT2D eigenvalue weighted by Gasteiger charge is -2.16. The standard InChI is InChI=1S/2C5H13O2P/c2*1-5-8(4,6-2)7-3/h2*4-5H2,1-3H3. The highest BCUT2D eigenvalue weighted by molar-refractivity contribution is 7.64. The zero-order valence-electron chi connectivity index (χ0n) is 11.4. The Morgan fingerprint density at radius 3 is 0.875 bits per heavy atom. The minimum absolute atomic E-state index is 0.875. The number of hydrogen-bond acceptors (Lipinski definition) is 4. The molecule has 0 heterocycles. The second-order valence-electron chi connectivity index (χ2n) is 2.99. The smallest absolute Gasteiger partial charge is 0.116 e. The van der Waals surface area contributed by atoms with Gasteiger partial charge in [-0.2, -0.15) is 0 Å². The van der Waals surface area contributed by atoms with Crippen molar-refractivity contribution in [3.63, 3.8) is 0 Å². The van der Waals surface area contributed by atoms with Crippen LogP contribution in [0.4, 0.5) is 0 Å². The summed E-state index contributed by atoms with van der Waals surface area (Å²) in [6.07, 6.45) is 9.33. The van der Waals surface area contributed by atoms with Gasteiger partial charge < -0.3 is 18.1 Å². The van der Waals surface area contributed by atoms with E-state index in [0.29, 0.717) is 0 Å². The van der Waals surface area contributed by atoms with Crippen LogP contribution >= 0.6 is 14.7 Å². The SMILES string of the molecule is C=P(CC)(OC)OC.C=P(CC)(OC)OC. The summed E-state index contributed by atoms with van der Waals surface area (Å²) in [5.41, 5.74) is 0. The van der Waals surface area contributed by atoms with Crippen molar-refractivity contribution in [1.29, 1.82) is 0 Å². The van der Waals surface area contributed by atoms with Crippen molar-refractivity contribution < 1.29 is 18.1 Å². The van der Waals surface area contributed by atoms with Gasteiger partial charge in [0.25, 0.3) is 0 Å². The fourth-order valence-electron chi connectivity index (χ4n) is 0.665. The summed E-state index contributed by atoms with van der Waals surface area (Å²) in [4.78, 5) is 0. The Balaban J connectivity index is 0. The maximum atomic E-state index is 5.01. The molecule has 4 nitrogen and oxygen atoms in total. The van der Waals surface area contributed by atoms with Crippen molar-refractivity contribution in [3.8, 4) is 0 Å². The Labute approximate surface area is 101 Å². The third-order valence-corrected chi connectivity index (χ3v) is 6.88. The Bertz CT molecular complexity index is 189. The van der Waals surface area contributed by atoms with E-state index in [-0.39, 0.29) is 0 Å². The van der Waals surface area contributed by atoms with E-state index in [0.717, 1.165) is 12.3 Å². The molecule has 0 rings (SSSR count). The molecule has 0 aliphatic rings. The zero-order valence-corrected chi connectivity index (χ0v) is 13.1. The van der Waals surface area contributed by atoms with Crippen LogP contribution in [0, 0.1) is 0 Å². The average Bonchev–Trinajstić information content (AvgIpc) is 2.37. The van der Waals surface area contributed by atoms with Crippen LogP contribution in [-0.4, -0.2) is 53.4 Å². The molecule has 0 aromatic carbocycles. The van der Waals surface area contributed by atoms with Crippen molar-refractivity contribution in [1.82, 2.24) is 0 Å². The van der Waals surface area contributed by atoms with Gasteiger partial charge in [-0.1, -0.05) is 26.4 Å². The lowest BCUT2D eigenvalue weighted by Crippen LogP contribution is -1.90. The molecule has 0 aromatic rings. The monoisotopic (exact) mass is 272 g/mol. The predicted molar refractivity (Wildman–Crippen MR) is 77.2 cm³/mol. The summed E-state index contributed by atoms with van der Waals surface area (Å²) >= 11 is 0. The Hall–Kier alpha value is 0.440. The van der Waals surface area contributed by atoms with Crippen LogP contribution in [0.1, 0.15) is 13.8 Å². The Morgan fingerprint density at radius 2 is 0.875 bits per heavy atom. The molecule has 0 atom stereocenters. The zero-order chi connectivity index (χ0) is 13.2. The van der Waals surface area contributed by atoms with Crippen LogP contribution in [0.2, 0.25) is 0 Å². The molecule has 6 heteroatoms. The maximum Gasteiger partial charge on any atom is 0.116 e. The molecule has 0 fully saturated rings. The topological polar surface area (TPSA) is 36.9 Å². The lowest BCUT2D eigenvalue weighted by molar-refractivity contribution is 0.336. The summed E-state index contributed by atoms with van der Waals surface area (Å²) in [7, 11) is 3.21. The third kappa shape index (κ3) is 7.67. The Kier molecular flexibility index (Phi) is 11.1. The highest BCUT2D eigenvalue weighted by Crippen LogP contribution is 2.45. The first kappa shape index (κ1) is 18.8. The third-order valence-electron chi connectivity index (χ3n) is 2.29. The van der Waals surface area contributed by atoms with Gasteiger partial charge in [0.1, 0.15) is 14.7 Å². The molecule has 0 aromatic heterocycles. The fourth-order valence-corrected chi connectivity index (χ4v) is 2.00. The highest BCUT2D eigenvalue weighted by Gasteiger charge is 2.06. The molecule has 100 valence electrons. The fraction of sp³-hybridized carbons (Fsp3) is 0.800. The van der Waals surface area contributed by atoms with E-state index in [2.05, 4.69) is 12.6 Å². The largest absolute Gasteiger partial charge is 0.341 e. The van der Waals surface area contributed by atoms with Crippen molar-refractivity contribution in [2.45, 2.75) is 13.8 Å². The maximum absolute atomic E-state index is 5.01. The summed E-state index contributed by atoms with van der Waals surface area (Å²) in [6.45, 7) is 4.02. The van der Waals surface area contributed by atoms with Crippen molar-refractivity contribution in [2.75, 3.05) is 40.8 Å². The van der Waals surface area contributed by atoms with Crippen LogP contribution in [-0.2, 0) is 18.1 Å². The van der Waals surface area contributed by atoms with E-state index in [9.17, 15) is 0 Å². The van der Waals surface area contributed by atoms with Gasteiger partial charge in [0.2, 0.25) is 0 Å². The van der Waals surface area contributed by atoms with E-state index >= 15 is 0 Å². The molecular formula is C10H26O4P2. The van der Waals surface area contributed by atoms with Crippen LogP contribution in [0.5, 0.6) is 0 Å². The van der Waals surface area contributed by atoms with Gasteiger partial charge in [0.15, 0.2) is 0 Å². The normalized spacial score (nSPS) is 11.9.